The first-order valence-corrected chi connectivity index (χ1v) is 9.55. The molecule has 0 bridgehead atoms. The van der Waals surface area contributed by atoms with Gasteiger partial charge in [0.15, 0.2) is 0 Å². The Bertz CT molecular complexity index is 479. The fourth-order valence-corrected chi connectivity index (χ4v) is 4.31. The Morgan fingerprint density at radius 2 is 1.72 bits per heavy atom. The van der Waals surface area contributed by atoms with Crippen LogP contribution in [0.1, 0.15) is 38.8 Å². The summed E-state index contributed by atoms with van der Waals surface area (Å²) in [6.07, 6.45) is 0. The van der Waals surface area contributed by atoms with Crippen molar-refractivity contribution < 1.29 is 0 Å². The summed E-state index contributed by atoms with van der Waals surface area (Å²) in [5.41, 5.74) is 10.8. The molecule has 18 heavy (non-hydrogen) atoms. The van der Waals surface area contributed by atoms with E-state index in [0.717, 1.165) is 11.3 Å². The molecule has 2 N–H and O–H groups in total. The van der Waals surface area contributed by atoms with E-state index >= 15 is 0 Å². The summed E-state index contributed by atoms with van der Waals surface area (Å²) in [4.78, 5) is 0. The molecule has 1 aromatic rings. The van der Waals surface area contributed by atoms with Crippen LogP contribution in [0.3, 0.4) is 0 Å². The Kier molecular flexibility index (Phi) is 3.82. The number of hydrogen-bond acceptors (Lipinski definition) is 1. The highest BCUT2D eigenvalue weighted by Gasteiger charge is 2.38. The number of rotatable bonds is 2. The fourth-order valence-electron chi connectivity index (χ4n) is 2.14. The van der Waals surface area contributed by atoms with Gasteiger partial charge < -0.3 is 5.73 Å². The van der Waals surface area contributed by atoms with E-state index < -0.39 is 8.07 Å². The molecule has 1 nitrogen and oxygen atoms in total. The molecule has 0 saturated carbocycles. The van der Waals surface area contributed by atoms with Crippen LogP contribution in [-0.4, -0.2) is 8.07 Å². The molecule has 1 rings (SSSR count). The lowest BCUT2D eigenvalue weighted by Crippen LogP contribution is -2.50. The third kappa shape index (κ3) is 2.39. The first-order valence-electron chi connectivity index (χ1n) is 6.55. The lowest BCUT2D eigenvalue weighted by Gasteiger charge is -2.38. The number of benzene rings is 1. The molecule has 0 aliphatic carbocycles. The molecular formula is C16H27NSi. The van der Waals surface area contributed by atoms with E-state index in [1.54, 1.807) is 0 Å². The molecule has 0 aromatic heterocycles. The highest BCUT2D eigenvalue weighted by molar-refractivity contribution is 6.93. The molecule has 0 aliphatic heterocycles. The molecule has 0 amide bonds. The van der Waals surface area contributed by atoms with E-state index in [4.69, 9.17) is 5.73 Å². The molecule has 0 saturated heterocycles. The Morgan fingerprint density at radius 3 is 2.11 bits per heavy atom. The second kappa shape index (κ2) is 4.58. The van der Waals surface area contributed by atoms with E-state index in [1.165, 1.54) is 16.3 Å². The number of anilines is 1. The summed E-state index contributed by atoms with van der Waals surface area (Å²) in [5.74, 6) is 0. The summed E-state index contributed by atoms with van der Waals surface area (Å²) in [6.45, 7) is 19.9. The first kappa shape index (κ1) is 15.0. The predicted molar refractivity (Wildman–Crippen MR) is 87.1 cm³/mol. The van der Waals surface area contributed by atoms with Crippen molar-refractivity contribution in [3.05, 3.63) is 29.8 Å². The molecule has 100 valence electrons. The van der Waals surface area contributed by atoms with E-state index in [1.807, 2.05) is 6.92 Å². The van der Waals surface area contributed by atoms with Gasteiger partial charge in [-0.3, -0.25) is 0 Å². The normalized spacial score (nSPS) is 12.6. The largest absolute Gasteiger partial charge is 0.399 e. The average Bonchev–Trinajstić information content (AvgIpc) is 2.19. The van der Waals surface area contributed by atoms with Gasteiger partial charge in [0.1, 0.15) is 0 Å². The maximum absolute atomic E-state index is 6.40. The molecule has 0 aliphatic rings. The molecule has 0 atom stereocenters. The molecule has 0 fully saturated rings. The van der Waals surface area contributed by atoms with Crippen molar-refractivity contribution in [2.75, 3.05) is 5.73 Å². The number of nitrogen functional groups attached to an aromatic ring is 1. The molecular weight excluding hydrogens is 234 g/mol. The Labute approximate surface area is 113 Å². The van der Waals surface area contributed by atoms with Crippen molar-refractivity contribution in [3.63, 3.8) is 0 Å². The number of allylic oxidation sites excluding steroid dienone is 1. The predicted octanol–water partition coefficient (Wildman–Crippen LogP) is 4.33. The monoisotopic (exact) mass is 261 g/mol. The molecule has 0 unspecified atom stereocenters. The molecule has 0 spiro atoms. The van der Waals surface area contributed by atoms with Gasteiger partial charge in [0.25, 0.3) is 0 Å². The zero-order chi connectivity index (χ0) is 14.3. The van der Waals surface area contributed by atoms with Gasteiger partial charge >= 0.3 is 0 Å². The molecule has 1 aromatic carbocycles. The van der Waals surface area contributed by atoms with E-state index in [2.05, 4.69) is 59.5 Å². The minimum atomic E-state index is -1.57. The summed E-state index contributed by atoms with van der Waals surface area (Å²) >= 11 is 0. The summed E-state index contributed by atoms with van der Waals surface area (Å²) in [6, 6.07) is 4.41. The smallest absolute Gasteiger partial charge is 0.0886 e. The summed E-state index contributed by atoms with van der Waals surface area (Å²) in [7, 11) is -1.57. The van der Waals surface area contributed by atoms with Gasteiger partial charge in [-0.05, 0) is 35.2 Å². The van der Waals surface area contributed by atoms with Crippen LogP contribution < -0.4 is 10.9 Å². The van der Waals surface area contributed by atoms with Gasteiger partial charge in [-0.2, -0.15) is 0 Å². The van der Waals surface area contributed by atoms with Crippen LogP contribution in [0.4, 0.5) is 5.69 Å². The van der Waals surface area contributed by atoms with E-state index in [0.29, 0.717) is 5.04 Å². The lowest BCUT2D eigenvalue weighted by atomic mass is 10.0. The Balaban J connectivity index is 3.47. The van der Waals surface area contributed by atoms with Crippen molar-refractivity contribution in [1.82, 2.24) is 0 Å². The fraction of sp³-hybridized carbons (Fsp3) is 0.500. The van der Waals surface area contributed by atoms with Crippen LogP contribution in [0.5, 0.6) is 0 Å². The van der Waals surface area contributed by atoms with Crippen LogP contribution in [0.15, 0.2) is 18.7 Å². The quantitative estimate of drug-likeness (QED) is 0.622. The van der Waals surface area contributed by atoms with Crippen LogP contribution >= 0.6 is 0 Å². The van der Waals surface area contributed by atoms with Gasteiger partial charge in [0.2, 0.25) is 0 Å². The third-order valence-corrected chi connectivity index (χ3v) is 10.1. The SMILES string of the molecule is C=C(C)c1ccc([Si](C)(C)C(C)(C)C)c(N)c1C. The Morgan fingerprint density at radius 1 is 1.22 bits per heavy atom. The first-order chi connectivity index (χ1) is 8.00. The van der Waals surface area contributed by atoms with Crippen LogP contribution in [-0.2, 0) is 0 Å². The minimum Gasteiger partial charge on any atom is -0.399 e. The van der Waals surface area contributed by atoms with Crippen molar-refractivity contribution in [2.24, 2.45) is 0 Å². The Hall–Kier alpha value is -1.02. The number of hydrogen-bond donors (Lipinski definition) is 1. The number of nitrogens with two attached hydrogens (primary N) is 1. The van der Waals surface area contributed by atoms with Crippen LogP contribution in [0, 0.1) is 6.92 Å². The van der Waals surface area contributed by atoms with E-state index in [9.17, 15) is 0 Å². The van der Waals surface area contributed by atoms with Crippen molar-refractivity contribution in [2.45, 2.75) is 52.8 Å². The summed E-state index contributed by atoms with van der Waals surface area (Å²) in [5, 5.41) is 1.68. The van der Waals surface area contributed by atoms with Crippen molar-refractivity contribution in [3.8, 4) is 0 Å². The highest BCUT2D eigenvalue weighted by Crippen LogP contribution is 2.37. The third-order valence-electron chi connectivity index (χ3n) is 4.52. The molecule has 2 heteroatoms. The maximum Gasteiger partial charge on any atom is 0.0886 e. The average molecular weight is 261 g/mol. The molecule has 0 radical (unpaired) electrons. The van der Waals surface area contributed by atoms with Gasteiger partial charge in [-0.15, -0.1) is 0 Å². The van der Waals surface area contributed by atoms with Gasteiger partial charge in [0, 0.05) is 5.69 Å². The standard InChI is InChI=1S/C16H27NSi/c1-11(2)13-9-10-14(15(17)12(13)3)18(7,8)16(4,5)6/h9-10H,1,17H2,2-8H3. The lowest BCUT2D eigenvalue weighted by molar-refractivity contribution is 0.729. The minimum absolute atomic E-state index is 0.304. The zero-order valence-corrected chi connectivity index (χ0v) is 13.9. The second-order valence-electron chi connectivity index (χ2n) is 6.85. The summed E-state index contributed by atoms with van der Waals surface area (Å²) < 4.78 is 0. The van der Waals surface area contributed by atoms with Gasteiger partial charge in [-0.25, -0.2) is 0 Å². The van der Waals surface area contributed by atoms with E-state index in [-0.39, 0.29) is 0 Å². The van der Waals surface area contributed by atoms with Crippen LogP contribution in [0.2, 0.25) is 18.1 Å². The second-order valence-corrected chi connectivity index (χ2v) is 12.1. The van der Waals surface area contributed by atoms with Crippen LogP contribution in [0.25, 0.3) is 5.57 Å². The topological polar surface area (TPSA) is 26.0 Å². The maximum atomic E-state index is 6.40. The van der Waals surface area contributed by atoms with Gasteiger partial charge in [-0.1, -0.05) is 58.2 Å². The highest BCUT2D eigenvalue weighted by atomic mass is 28.3. The molecule has 0 heterocycles. The van der Waals surface area contributed by atoms with Crippen molar-refractivity contribution in [1.29, 1.82) is 0 Å². The zero-order valence-electron chi connectivity index (χ0n) is 12.9. The van der Waals surface area contributed by atoms with Crippen molar-refractivity contribution >= 4 is 24.5 Å². The van der Waals surface area contributed by atoms with Gasteiger partial charge in [0.05, 0.1) is 8.07 Å².